The maximum atomic E-state index is 11.2. The Bertz CT molecular complexity index is 477. The van der Waals surface area contributed by atoms with E-state index in [4.69, 9.17) is 0 Å². The Kier molecular flexibility index (Phi) is 3.40. The Morgan fingerprint density at radius 3 is 3.00 bits per heavy atom. The Morgan fingerprint density at radius 2 is 2.33 bits per heavy atom. The van der Waals surface area contributed by atoms with Crippen molar-refractivity contribution in [2.24, 2.45) is 0 Å². The second-order valence-corrected chi connectivity index (χ2v) is 4.16. The molecule has 0 radical (unpaired) electrons. The van der Waals surface area contributed by atoms with Crippen LogP contribution in [0.3, 0.4) is 0 Å². The summed E-state index contributed by atoms with van der Waals surface area (Å²) in [6.07, 6.45) is 4.77. The summed E-state index contributed by atoms with van der Waals surface area (Å²) < 4.78 is 0. The van der Waals surface area contributed by atoms with Gasteiger partial charge in [0, 0.05) is 12.7 Å². The van der Waals surface area contributed by atoms with Crippen LogP contribution >= 0.6 is 0 Å². The van der Waals surface area contributed by atoms with Crippen molar-refractivity contribution < 1.29 is 14.8 Å². The van der Waals surface area contributed by atoms with Gasteiger partial charge in [-0.3, -0.25) is 15.1 Å². The molecular weight excluding hydrogens is 238 g/mol. The van der Waals surface area contributed by atoms with E-state index in [1.165, 1.54) is 12.3 Å². The van der Waals surface area contributed by atoms with Crippen molar-refractivity contribution in [2.45, 2.75) is 25.3 Å². The van der Waals surface area contributed by atoms with E-state index in [2.05, 4.69) is 4.98 Å². The van der Waals surface area contributed by atoms with E-state index in [1.54, 1.807) is 4.90 Å². The van der Waals surface area contributed by atoms with Gasteiger partial charge in [0.1, 0.15) is 17.9 Å². The van der Waals surface area contributed by atoms with E-state index in [1.807, 2.05) is 0 Å². The lowest BCUT2D eigenvalue weighted by molar-refractivity contribution is -0.384. The lowest BCUT2D eigenvalue weighted by Gasteiger charge is -2.34. The summed E-state index contributed by atoms with van der Waals surface area (Å²) in [5.41, 5.74) is 0.188. The molecule has 1 saturated heterocycles. The third-order valence-corrected chi connectivity index (χ3v) is 3.07. The molecule has 7 heteroatoms. The fourth-order valence-electron chi connectivity index (χ4n) is 2.24. The number of anilines is 1. The Hall–Kier alpha value is -2.18. The van der Waals surface area contributed by atoms with Gasteiger partial charge in [0.05, 0.1) is 4.92 Å². The predicted octanol–water partition coefficient (Wildman–Crippen LogP) is 1.43. The summed E-state index contributed by atoms with van der Waals surface area (Å²) in [5.74, 6) is -0.944. The second kappa shape index (κ2) is 4.99. The van der Waals surface area contributed by atoms with Crippen LogP contribution in [0.4, 0.5) is 11.4 Å². The molecule has 1 unspecified atom stereocenters. The molecule has 1 aliphatic rings. The van der Waals surface area contributed by atoms with Gasteiger partial charge in [-0.2, -0.15) is 0 Å². The minimum atomic E-state index is -0.944. The van der Waals surface area contributed by atoms with Gasteiger partial charge in [-0.05, 0) is 25.3 Å². The van der Waals surface area contributed by atoms with Crippen LogP contribution in [0.2, 0.25) is 0 Å². The minimum absolute atomic E-state index is 0.148. The van der Waals surface area contributed by atoms with E-state index >= 15 is 0 Å². The Morgan fingerprint density at radius 1 is 1.56 bits per heavy atom. The molecule has 96 valence electrons. The standard InChI is InChI=1S/C11H13N3O4/c15-11(16)9-3-1-2-6-13(9)8-4-5-12-7-10(8)14(17)18/h4-5,7,9H,1-3,6H2,(H,15,16). The van der Waals surface area contributed by atoms with E-state index in [-0.39, 0.29) is 5.69 Å². The van der Waals surface area contributed by atoms with Crippen molar-refractivity contribution >= 4 is 17.3 Å². The van der Waals surface area contributed by atoms with Crippen LogP contribution in [0.15, 0.2) is 18.5 Å². The average Bonchev–Trinajstić information content (AvgIpc) is 2.38. The Balaban J connectivity index is 2.39. The number of hydrogen-bond donors (Lipinski definition) is 1. The van der Waals surface area contributed by atoms with Crippen LogP contribution in [-0.2, 0) is 4.79 Å². The zero-order valence-electron chi connectivity index (χ0n) is 9.65. The quantitative estimate of drug-likeness (QED) is 0.644. The van der Waals surface area contributed by atoms with E-state index in [0.717, 1.165) is 19.0 Å². The monoisotopic (exact) mass is 251 g/mol. The molecule has 18 heavy (non-hydrogen) atoms. The lowest BCUT2D eigenvalue weighted by Crippen LogP contribution is -2.45. The maximum Gasteiger partial charge on any atom is 0.326 e. The van der Waals surface area contributed by atoms with Crippen molar-refractivity contribution in [2.75, 3.05) is 11.4 Å². The third-order valence-electron chi connectivity index (χ3n) is 3.07. The maximum absolute atomic E-state index is 11.2. The lowest BCUT2D eigenvalue weighted by atomic mass is 10.0. The van der Waals surface area contributed by atoms with Crippen LogP contribution < -0.4 is 4.90 Å². The molecule has 1 fully saturated rings. The van der Waals surface area contributed by atoms with E-state index in [0.29, 0.717) is 18.7 Å². The van der Waals surface area contributed by atoms with Gasteiger partial charge >= 0.3 is 11.7 Å². The number of carbonyl (C=O) groups is 1. The van der Waals surface area contributed by atoms with Crippen LogP contribution in [-0.4, -0.2) is 33.6 Å². The molecule has 0 bridgehead atoms. The van der Waals surface area contributed by atoms with Crippen LogP contribution in [0.1, 0.15) is 19.3 Å². The smallest absolute Gasteiger partial charge is 0.326 e. The summed E-state index contributed by atoms with van der Waals surface area (Å²) in [7, 11) is 0. The summed E-state index contributed by atoms with van der Waals surface area (Å²) in [4.78, 5) is 26.9. The second-order valence-electron chi connectivity index (χ2n) is 4.16. The molecule has 2 rings (SSSR count). The Labute approximate surface area is 103 Å². The number of aliphatic carboxylic acids is 1. The molecule has 2 heterocycles. The fourth-order valence-corrected chi connectivity index (χ4v) is 2.24. The van der Waals surface area contributed by atoms with E-state index in [9.17, 15) is 20.0 Å². The van der Waals surface area contributed by atoms with Crippen molar-refractivity contribution in [3.63, 3.8) is 0 Å². The molecule has 1 aromatic rings. The fraction of sp³-hybridized carbons (Fsp3) is 0.455. The number of aromatic nitrogens is 1. The average molecular weight is 251 g/mol. The summed E-state index contributed by atoms with van der Waals surface area (Å²) in [6.45, 7) is 0.516. The predicted molar refractivity (Wildman–Crippen MR) is 63.5 cm³/mol. The largest absolute Gasteiger partial charge is 0.480 e. The summed E-state index contributed by atoms with van der Waals surface area (Å²) in [6, 6.07) is 0.805. The van der Waals surface area contributed by atoms with Crippen molar-refractivity contribution in [3.8, 4) is 0 Å². The number of nitrogens with zero attached hydrogens (tertiary/aromatic N) is 3. The normalized spacial score (nSPS) is 19.6. The highest BCUT2D eigenvalue weighted by Crippen LogP contribution is 2.31. The summed E-state index contributed by atoms with van der Waals surface area (Å²) in [5, 5.41) is 20.1. The number of rotatable bonds is 3. The number of nitro groups is 1. The first-order valence-corrected chi connectivity index (χ1v) is 5.69. The van der Waals surface area contributed by atoms with Crippen molar-refractivity contribution in [3.05, 3.63) is 28.6 Å². The first-order chi connectivity index (χ1) is 8.61. The topological polar surface area (TPSA) is 96.6 Å². The first-order valence-electron chi connectivity index (χ1n) is 5.69. The van der Waals surface area contributed by atoms with Crippen LogP contribution in [0.25, 0.3) is 0 Å². The van der Waals surface area contributed by atoms with Gasteiger partial charge < -0.3 is 10.0 Å². The number of piperidine rings is 1. The number of pyridine rings is 1. The molecule has 1 aromatic heterocycles. The highest BCUT2D eigenvalue weighted by Gasteiger charge is 2.32. The van der Waals surface area contributed by atoms with Crippen LogP contribution in [0, 0.1) is 10.1 Å². The molecule has 0 saturated carbocycles. The first kappa shape index (κ1) is 12.3. The molecular formula is C11H13N3O4. The molecule has 1 aliphatic heterocycles. The molecule has 0 spiro atoms. The molecule has 0 aromatic carbocycles. The summed E-state index contributed by atoms with van der Waals surface area (Å²) >= 11 is 0. The van der Waals surface area contributed by atoms with Crippen LogP contribution in [0.5, 0.6) is 0 Å². The number of carboxylic acids is 1. The zero-order chi connectivity index (χ0) is 13.1. The minimum Gasteiger partial charge on any atom is -0.480 e. The van der Waals surface area contributed by atoms with E-state index < -0.39 is 16.9 Å². The highest BCUT2D eigenvalue weighted by molar-refractivity contribution is 5.80. The van der Waals surface area contributed by atoms with Crippen molar-refractivity contribution in [1.82, 2.24) is 4.98 Å². The zero-order valence-corrected chi connectivity index (χ0v) is 9.65. The van der Waals surface area contributed by atoms with Gasteiger partial charge in [-0.1, -0.05) is 0 Å². The van der Waals surface area contributed by atoms with Gasteiger partial charge in [0.15, 0.2) is 0 Å². The molecule has 1 N–H and O–H groups in total. The van der Waals surface area contributed by atoms with Gasteiger partial charge in [-0.25, -0.2) is 4.79 Å². The van der Waals surface area contributed by atoms with Gasteiger partial charge in [-0.15, -0.1) is 0 Å². The van der Waals surface area contributed by atoms with Crippen molar-refractivity contribution in [1.29, 1.82) is 0 Å². The highest BCUT2D eigenvalue weighted by atomic mass is 16.6. The van der Waals surface area contributed by atoms with Gasteiger partial charge in [0.2, 0.25) is 0 Å². The molecule has 1 atom stereocenters. The molecule has 7 nitrogen and oxygen atoms in total. The number of hydrogen-bond acceptors (Lipinski definition) is 5. The molecule has 0 aliphatic carbocycles. The SMILES string of the molecule is O=C(O)C1CCCCN1c1ccncc1[N+](=O)[O-]. The molecule has 0 amide bonds. The van der Waals surface area contributed by atoms with Gasteiger partial charge in [0.25, 0.3) is 0 Å². The number of carboxylic acid groups (broad SMARTS) is 1. The third kappa shape index (κ3) is 2.24.